The van der Waals surface area contributed by atoms with Gasteiger partial charge < -0.3 is 15.1 Å². The first-order chi connectivity index (χ1) is 11.6. The molecule has 8 nitrogen and oxygen atoms in total. The molecule has 1 atom stereocenters. The second-order valence-corrected chi connectivity index (χ2v) is 5.94. The van der Waals surface area contributed by atoms with Gasteiger partial charge in [-0.3, -0.25) is 4.79 Å². The summed E-state index contributed by atoms with van der Waals surface area (Å²) >= 11 is 0. The first-order valence-electron chi connectivity index (χ1n) is 7.95. The normalized spacial score (nSPS) is 17.5. The molecular weight excluding hydrogens is 308 g/mol. The molecule has 1 fully saturated rings. The van der Waals surface area contributed by atoms with Crippen LogP contribution in [-0.4, -0.2) is 38.1 Å². The molecule has 3 aromatic heterocycles. The molecule has 1 saturated heterocycles. The fourth-order valence-electron chi connectivity index (χ4n) is 2.90. The molecule has 8 heteroatoms. The zero-order valence-electron chi connectivity index (χ0n) is 13.5. The summed E-state index contributed by atoms with van der Waals surface area (Å²) in [7, 11) is 0. The van der Waals surface area contributed by atoms with Gasteiger partial charge in [0.15, 0.2) is 11.4 Å². The SMILES string of the molecule is Cc1nc2cc(NC(=O)C3CCCN3)nc(-c3ccc(C)o3)n2n1. The van der Waals surface area contributed by atoms with Crippen molar-refractivity contribution in [2.24, 2.45) is 0 Å². The Hall–Kier alpha value is -2.74. The number of hydrogen-bond donors (Lipinski definition) is 2. The average Bonchev–Trinajstić information content (AvgIpc) is 3.25. The van der Waals surface area contributed by atoms with E-state index in [0.29, 0.717) is 28.9 Å². The van der Waals surface area contributed by atoms with Gasteiger partial charge >= 0.3 is 0 Å². The number of anilines is 1. The summed E-state index contributed by atoms with van der Waals surface area (Å²) in [6.45, 7) is 4.54. The molecule has 2 N–H and O–H groups in total. The van der Waals surface area contributed by atoms with Gasteiger partial charge in [-0.2, -0.15) is 4.52 Å². The van der Waals surface area contributed by atoms with Crippen LogP contribution in [0.2, 0.25) is 0 Å². The van der Waals surface area contributed by atoms with E-state index < -0.39 is 0 Å². The Balaban J connectivity index is 1.75. The number of amides is 1. The van der Waals surface area contributed by atoms with Gasteiger partial charge in [0.2, 0.25) is 11.7 Å². The summed E-state index contributed by atoms with van der Waals surface area (Å²) in [5.41, 5.74) is 0.612. The first-order valence-corrected chi connectivity index (χ1v) is 7.95. The Morgan fingerprint density at radius 3 is 2.96 bits per heavy atom. The van der Waals surface area contributed by atoms with E-state index in [4.69, 9.17) is 4.42 Å². The van der Waals surface area contributed by atoms with Gasteiger partial charge in [0.1, 0.15) is 17.4 Å². The van der Waals surface area contributed by atoms with Crippen molar-refractivity contribution >= 4 is 17.4 Å². The van der Waals surface area contributed by atoms with E-state index in [1.165, 1.54) is 0 Å². The summed E-state index contributed by atoms with van der Waals surface area (Å²) in [5.74, 6) is 2.86. The Kier molecular flexibility index (Phi) is 3.53. The number of fused-ring (bicyclic) bond motifs is 1. The molecule has 24 heavy (non-hydrogen) atoms. The molecular formula is C16H18N6O2. The molecule has 4 heterocycles. The lowest BCUT2D eigenvalue weighted by Gasteiger charge is -2.11. The number of aromatic nitrogens is 4. The Morgan fingerprint density at radius 1 is 1.38 bits per heavy atom. The second-order valence-electron chi connectivity index (χ2n) is 5.94. The molecule has 0 spiro atoms. The molecule has 3 aromatic rings. The van der Waals surface area contributed by atoms with Crippen molar-refractivity contribution in [3.63, 3.8) is 0 Å². The van der Waals surface area contributed by atoms with Crippen LogP contribution < -0.4 is 10.6 Å². The maximum atomic E-state index is 12.3. The molecule has 0 radical (unpaired) electrons. The number of aryl methyl sites for hydroxylation is 2. The topological polar surface area (TPSA) is 97.3 Å². The summed E-state index contributed by atoms with van der Waals surface area (Å²) < 4.78 is 7.29. The van der Waals surface area contributed by atoms with Crippen molar-refractivity contribution in [3.8, 4) is 11.6 Å². The maximum absolute atomic E-state index is 12.3. The van der Waals surface area contributed by atoms with E-state index in [1.807, 2.05) is 26.0 Å². The molecule has 4 rings (SSSR count). The third-order valence-corrected chi connectivity index (χ3v) is 4.02. The zero-order chi connectivity index (χ0) is 16.7. The van der Waals surface area contributed by atoms with Gasteiger partial charge in [0.25, 0.3) is 0 Å². The quantitative estimate of drug-likeness (QED) is 0.760. The minimum Gasteiger partial charge on any atom is -0.458 e. The lowest BCUT2D eigenvalue weighted by Crippen LogP contribution is -2.35. The molecule has 124 valence electrons. The Labute approximate surface area is 138 Å². The van der Waals surface area contributed by atoms with Crippen molar-refractivity contribution in [2.75, 3.05) is 11.9 Å². The number of carbonyl (C=O) groups excluding carboxylic acids is 1. The highest BCUT2D eigenvalue weighted by atomic mass is 16.3. The highest BCUT2D eigenvalue weighted by molar-refractivity contribution is 5.94. The van der Waals surface area contributed by atoms with Crippen molar-refractivity contribution in [2.45, 2.75) is 32.7 Å². The number of nitrogens with zero attached hydrogens (tertiary/aromatic N) is 4. The van der Waals surface area contributed by atoms with Crippen molar-refractivity contribution < 1.29 is 9.21 Å². The van der Waals surface area contributed by atoms with Crippen molar-refractivity contribution in [1.29, 1.82) is 0 Å². The van der Waals surface area contributed by atoms with Crippen LogP contribution in [0.3, 0.4) is 0 Å². The third kappa shape index (κ3) is 2.65. The van der Waals surface area contributed by atoms with Crippen LogP contribution in [0.1, 0.15) is 24.4 Å². The van der Waals surface area contributed by atoms with Gasteiger partial charge in [-0.1, -0.05) is 0 Å². The fourth-order valence-corrected chi connectivity index (χ4v) is 2.90. The molecule has 0 aromatic carbocycles. The van der Waals surface area contributed by atoms with Gasteiger partial charge in [-0.25, -0.2) is 9.97 Å². The summed E-state index contributed by atoms with van der Waals surface area (Å²) in [4.78, 5) is 21.2. The van der Waals surface area contributed by atoms with Crippen molar-refractivity contribution in [3.05, 3.63) is 29.8 Å². The van der Waals surface area contributed by atoms with E-state index in [2.05, 4.69) is 25.7 Å². The van der Waals surface area contributed by atoms with Crippen molar-refractivity contribution in [1.82, 2.24) is 24.9 Å². The van der Waals surface area contributed by atoms with E-state index >= 15 is 0 Å². The number of furan rings is 1. The Bertz CT molecular complexity index is 907. The van der Waals surface area contributed by atoms with Crippen LogP contribution in [0.5, 0.6) is 0 Å². The zero-order valence-corrected chi connectivity index (χ0v) is 13.5. The van der Waals surface area contributed by atoms with E-state index in [0.717, 1.165) is 25.1 Å². The van der Waals surface area contributed by atoms with E-state index in [1.54, 1.807) is 10.6 Å². The third-order valence-electron chi connectivity index (χ3n) is 4.02. The highest BCUT2D eigenvalue weighted by Gasteiger charge is 2.23. The minimum atomic E-state index is -0.170. The summed E-state index contributed by atoms with van der Waals surface area (Å²) in [6.07, 6.45) is 1.84. The number of nitrogens with one attached hydrogen (secondary N) is 2. The maximum Gasteiger partial charge on any atom is 0.242 e. The summed E-state index contributed by atoms with van der Waals surface area (Å²) in [5, 5.41) is 10.4. The molecule has 1 amide bonds. The molecule has 0 bridgehead atoms. The first kappa shape index (κ1) is 14.8. The number of carbonyl (C=O) groups is 1. The largest absolute Gasteiger partial charge is 0.458 e. The lowest BCUT2D eigenvalue weighted by atomic mass is 10.2. The van der Waals surface area contributed by atoms with Gasteiger partial charge in [0, 0.05) is 6.07 Å². The fraction of sp³-hybridized carbons (Fsp3) is 0.375. The Morgan fingerprint density at radius 2 is 2.25 bits per heavy atom. The van der Waals surface area contributed by atoms with Crippen LogP contribution in [-0.2, 0) is 4.79 Å². The highest BCUT2D eigenvalue weighted by Crippen LogP contribution is 2.23. The second kappa shape index (κ2) is 5.72. The van der Waals surface area contributed by atoms with Crippen LogP contribution >= 0.6 is 0 Å². The van der Waals surface area contributed by atoms with Gasteiger partial charge in [-0.15, -0.1) is 5.10 Å². The minimum absolute atomic E-state index is 0.0813. The predicted octanol–water partition coefficient (Wildman–Crippen LogP) is 1.69. The van der Waals surface area contributed by atoms with E-state index in [9.17, 15) is 4.79 Å². The number of hydrogen-bond acceptors (Lipinski definition) is 6. The smallest absolute Gasteiger partial charge is 0.242 e. The van der Waals surface area contributed by atoms with Crippen LogP contribution in [0.4, 0.5) is 5.82 Å². The lowest BCUT2D eigenvalue weighted by molar-refractivity contribution is -0.117. The van der Waals surface area contributed by atoms with E-state index in [-0.39, 0.29) is 11.9 Å². The van der Waals surface area contributed by atoms with Crippen LogP contribution in [0, 0.1) is 13.8 Å². The van der Waals surface area contributed by atoms with Gasteiger partial charge in [0.05, 0.1) is 6.04 Å². The van der Waals surface area contributed by atoms with Crippen LogP contribution in [0.15, 0.2) is 22.6 Å². The molecule has 0 aliphatic carbocycles. The molecule has 1 unspecified atom stereocenters. The van der Waals surface area contributed by atoms with Crippen LogP contribution in [0.25, 0.3) is 17.2 Å². The molecule has 1 aliphatic rings. The monoisotopic (exact) mass is 326 g/mol. The molecule has 0 saturated carbocycles. The number of rotatable bonds is 3. The standard InChI is InChI=1S/C16H18N6O2/c1-9-5-6-12(24-9)15-19-13(8-14-18-10(2)21-22(14)15)20-16(23)11-4-3-7-17-11/h5-6,8,11,17H,3-4,7H2,1-2H3,(H,20,23). The average molecular weight is 326 g/mol. The summed E-state index contributed by atoms with van der Waals surface area (Å²) in [6, 6.07) is 5.24. The molecule has 1 aliphatic heterocycles. The predicted molar refractivity (Wildman–Crippen MR) is 87.6 cm³/mol. The van der Waals surface area contributed by atoms with Gasteiger partial charge in [-0.05, 0) is 45.4 Å².